The van der Waals surface area contributed by atoms with Gasteiger partial charge in [-0.2, -0.15) is 9.97 Å². The number of nitrogens with one attached hydrogen (secondary N) is 1. The molecule has 28 heavy (non-hydrogen) atoms. The van der Waals surface area contributed by atoms with Crippen molar-refractivity contribution in [2.45, 2.75) is 69.6 Å². The van der Waals surface area contributed by atoms with Crippen molar-refractivity contribution >= 4 is 5.82 Å². The highest BCUT2D eigenvalue weighted by atomic mass is 16.5. The lowest BCUT2D eigenvalue weighted by Gasteiger charge is -2.39. The van der Waals surface area contributed by atoms with Gasteiger partial charge >= 0.3 is 6.01 Å². The second-order valence-electron chi connectivity index (χ2n) is 9.41. The van der Waals surface area contributed by atoms with Gasteiger partial charge in [0.25, 0.3) is 0 Å². The fourth-order valence-corrected chi connectivity index (χ4v) is 5.70. The fraction of sp³-hybridized carbons (Fsp3) is 0.810. The molecule has 0 radical (unpaired) electrons. The Morgan fingerprint density at radius 1 is 1.11 bits per heavy atom. The van der Waals surface area contributed by atoms with Crippen LogP contribution in [-0.4, -0.2) is 70.4 Å². The number of fused-ring (bicyclic) bond motifs is 2. The van der Waals surface area contributed by atoms with Gasteiger partial charge in [-0.05, 0) is 71.5 Å². The molecule has 4 aliphatic heterocycles. The molecule has 1 atom stereocenters. The number of nitrogens with zero attached hydrogens (tertiary/aromatic N) is 4. The summed E-state index contributed by atoms with van der Waals surface area (Å²) in [6, 6.07) is 0.510. The highest BCUT2D eigenvalue weighted by molar-refractivity contribution is 5.52. The van der Waals surface area contributed by atoms with Crippen molar-refractivity contribution in [1.82, 2.24) is 20.2 Å². The van der Waals surface area contributed by atoms with Crippen LogP contribution in [0.3, 0.4) is 0 Å². The van der Waals surface area contributed by atoms with Crippen LogP contribution in [0.5, 0.6) is 6.01 Å². The first kappa shape index (κ1) is 18.6. The summed E-state index contributed by atoms with van der Waals surface area (Å²) in [7, 11) is 0. The van der Waals surface area contributed by atoms with Crippen LogP contribution < -0.4 is 15.0 Å². The maximum absolute atomic E-state index is 10.6. The molecule has 0 spiro atoms. The summed E-state index contributed by atoms with van der Waals surface area (Å²) in [6.45, 7) is 8.30. The Morgan fingerprint density at radius 3 is 2.68 bits per heavy atom. The largest absolute Gasteiger partial charge is 0.461 e. The van der Waals surface area contributed by atoms with Gasteiger partial charge < -0.3 is 20.1 Å². The summed E-state index contributed by atoms with van der Waals surface area (Å²) in [4.78, 5) is 14.5. The molecule has 1 aromatic rings. The van der Waals surface area contributed by atoms with Crippen molar-refractivity contribution in [3.8, 4) is 6.01 Å². The molecule has 7 heteroatoms. The van der Waals surface area contributed by atoms with Gasteiger partial charge in [0.15, 0.2) is 0 Å². The molecule has 4 aliphatic rings. The molecule has 0 aliphatic carbocycles. The van der Waals surface area contributed by atoms with E-state index < -0.39 is 5.60 Å². The van der Waals surface area contributed by atoms with Crippen molar-refractivity contribution in [1.29, 1.82) is 0 Å². The Balaban J connectivity index is 1.41. The number of rotatable bonds is 4. The standard InChI is InChI=1S/C21H33N5O2/c1-20(27)6-2-10-25(14-20)18-16-5-9-22-13-17(16)23-19(24-18)28-15-21-7-3-11-26(21)12-4-8-21/h22,27H,2-15H2,1H3. The highest BCUT2D eigenvalue weighted by Crippen LogP contribution is 2.39. The molecule has 154 valence electrons. The molecule has 0 amide bonds. The van der Waals surface area contributed by atoms with E-state index in [1.54, 1.807) is 0 Å². The molecule has 7 nitrogen and oxygen atoms in total. The van der Waals surface area contributed by atoms with Crippen molar-refractivity contribution in [2.75, 3.05) is 44.2 Å². The van der Waals surface area contributed by atoms with Crippen molar-refractivity contribution < 1.29 is 9.84 Å². The minimum absolute atomic E-state index is 0.201. The summed E-state index contributed by atoms with van der Waals surface area (Å²) in [5, 5.41) is 14.0. The molecule has 5 heterocycles. The monoisotopic (exact) mass is 387 g/mol. The van der Waals surface area contributed by atoms with Crippen LogP contribution >= 0.6 is 0 Å². The van der Waals surface area contributed by atoms with Crippen molar-refractivity contribution in [3.05, 3.63) is 11.3 Å². The average molecular weight is 388 g/mol. The number of aromatic nitrogens is 2. The summed E-state index contributed by atoms with van der Waals surface area (Å²) >= 11 is 0. The second-order valence-corrected chi connectivity index (χ2v) is 9.41. The maximum atomic E-state index is 10.6. The smallest absolute Gasteiger partial charge is 0.318 e. The molecule has 0 bridgehead atoms. The topological polar surface area (TPSA) is 73.8 Å². The van der Waals surface area contributed by atoms with Gasteiger partial charge in [0.2, 0.25) is 0 Å². The number of anilines is 1. The van der Waals surface area contributed by atoms with Gasteiger partial charge in [-0.15, -0.1) is 0 Å². The quantitative estimate of drug-likeness (QED) is 0.811. The zero-order valence-corrected chi connectivity index (χ0v) is 17.0. The van der Waals surface area contributed by atoms with E-state index in [0.717, 1.165) is 50.4 Å². The van der Waals surface area contributed by atoms with E-state index >= 15 is 0 Å². The van der Waals surface area contributed by atoms with Crippen LogP contribution in [0.4, 0.5) is 5.82 Å². The zero-order chi connectivity index (χ0) is 19.2. The molecule has 3 fully saturated rings. The summed E-state index contributed by atoms with van der Waals surface area (Å²) in [5.74, 6) is 0.980. The normalized spacial score (nSPS) is 29.6. The van der Waals surface area contributed by atoms with E-state index in [1.165, 1.54) is 44.3 Å². The van der Waals surface area contributed by atoms with Crippen LogP contribution in [0.25, 0.3) is 0 Å². The highest BCUT2D eigenvalue weighted by Gasteiger charge is 2.45. The molecule has 3 saturated heterocycles. The van der Waals surface area contributed by atoms with E-state index in [-0.39, 0.29) is 5.54 Å². The third-order valence-electron chi connectivity index (χ3n) is 7.15. The third kappa shape index (κ3) is 3.37. The average Bonchev–Trinajstić information content (AvgIpc) is 3.25. The Kier molecular flexibility index (Phi) is 4.72. The molecule has 0 saturated carbocycles. The number of hydrogen-bond donors (Lipinski definition) is 2. The van der Waals surface area contributed by atoms with Gasteiger partial charge in [0, 0.05) is 25.2 Å². The van der Waals surface area contributed by atoms with E-state index in [4.69, 9.17) is 14.7 Å². The minimum Gasteiger partial charge on any atom is -0.461 e. The van der Waals surface area contributed by atoms with Gasteiger partial charge in [0.05, 0.1) is 16.8 Å². The molecule has 2 N–H and O–H groups in total. The van der Waals surface area contributed by atoms with Gasteiger partial charge in [-0.25, -0.2) is 0 Å². The minimum atomic E-state index is -0.656. The number of β-amino-alcohol motifs (C(OH)–C–C–N with tert-alkyl or cyclic N) is 1. The lowest BCUT2D eigenvalue weighted by molar-refractivity contribution is 0.0445. The van der Waals surface area contributed by atoms with Crippen LogP contribution in [0.15, 0.2) is 0 Å². The number of ether oxygens (including phenoxy) is 1. The van der Waals surface area contributed by atoms with Crippen molar-refractivity contribution in [3.63, 3.8) is 0 Å². The van der Waals surface area contributed by atoms with Crippen LogP contribution in [-0.2, 0) is 13.0 Å². The first-order valence-corrected chi connectivity index (χ1v) is 11.0. The predicted molar refractivity (Wildman–Crippen MR) is 108 cm³/mol. The third-order valence-corrected chi connectivity index (χ3v) is 7.15. The fourth-order valence-electron chi connectivity index (χ4n) is 5.70. The van der Waals surface area contributed by atoms with Gasteiger partial charge in [0.1, 0.15) is 12.4 Å². The van der Waals surface area contributed by atoms with Gasteiger partial charge in [-0.1, -0.05) is 0 Å². The first-order chi connectivity index (χ1) is 13.5. The number of aliphatic hydroxyl groups is 1. The Morgan fingerprint density at radius 2 is 1.89 bits per heavy atom. The number of hydrogen-bond acceptors (Lipinski definition) is 7. The Hall–Kier alpha value is -1.44. The molecule has 5 rings (SSSR count). The second kappa shape index (κ2) is 7.11. The lowest BCUT2D eigenvalue weighted by Crippen LogP contribution is -2.47. The van der Waals surface area contributed by atoms with E-state index in [1.807, 2.05) is 6.92 Å². The summed E-state index contributed by atoms with van der Waals surface area (Å²) in [5.41, 5.74) is 1.83. The predicted octanol–water partition coefficient (Wildman–Crippen LogP) is 1.48. The lowest BCUT2D eigenvalue weighted by atomic mass is 9.94. The van der Waals surface area contributed by atoms with Crippen molar-refractivity contribution in [2.24, 2.45) is 0 Å². The van der Waals surface area contributed by atoms with Crippen LogP contribution in [0, 0.1) is 0 Å². The Labute approximate surface area is 167 Å². The Bertz CT molecular complexity index is 728. The molecular formula is C21H33N5O2. The van der Waals surface area contributed by atoms with E-state index in [9.17, 15) is 5.11 Å². The molecule has 0 aromatic carbocycles. The SMILES string of the molecule is CC1(O)CCCN(c2nc(OCC34CCCN3CCC4)nc3c2CCNC3)C1. The molecule has 1 aromatic heterocycles. The van der Waals surface area contributed by atoms with Gasteiger partial charge in [-0.3, -0.25) is 4.90 Å². The summed E-state index contributed by atoms with van der Waals surface area (Å²) in [6.07, 6.45) is 7.75. The van der Waals surface area contributed by atoms with Crippen LogP contribution in [0.1, 0.15) is 56.7 Å². The molecule has 1 unspecified atom stereocenters. The molecular weight excluding hydrogens is 354 g/mol. The van der Waals surface area contributed by atoms with Crippen LogP contribution in [0.2, 0.25) is 0 Å². The zero-order valence-electron chi connectivity index (χ0n) is 17.0. The maximum Gasteiger partial charge on any atom is 0.318 e. The number of piperidine rings is 1. The van der Waals surface area contributed by atoms with E-state index in [2.05, 4.69) is 15.1 Å². The van der Waals surface area contributed by atoms with E-state index in [0.29, 0.717) is 19.2 Å². The first-order valence-electron chi connectivity index (χ1n) is 11.0. The summed E-state index contributed by atoms with van der Waals surface area (Å²) < 4.78 is 6.26.